The summed E-state index contributed by atoms with van der Waals surface area (Å²) in [7, 11) is 1.65. The highest BCUT2D eigenvalue weighted by Gasteiger charge is 2.15. The molecule has 0 aromatic heterocycles. The Labute approximate surface area is 91.5 Å². The Morgan fingerprint density at radius 2 is 1.87 bits per heavy atom. The molecule has 1 amide bonds. The van der Waals surface area contributed by atoms with Crippen molar-refractivity contribution in [3.05, 3.63) is 0 Å². The van der Waals surface area contributed by atoms with E-state index in [2.05, 4.69) is 10.6 Å². The summed E-state index contributed by atoms with van der Waals surface area (Å²) in [6.07, 6.45) is -0.379. The molecule has 0 saturated carbocycles. The van der Waals surface area contributed by atoms with E-state index in [0.717, 1.165) is 6.54 Å². The van der Waals surface area contributed by atoms with Gasteiger partial charge >= 0.3 is 6.09 Å². The zero-order valence-electron chi connectivity index (χ0n) is 10.1. The number of ether oxygens (including phenoxy) is 2. The monoisotopic (exact) mass is 218 g/mol. The summed E-state index contributed by atoms with van der Waals surface area (Å²) < 4.78 is 9.92. The van der Waals surface area contributed by atoms with Gasteiger partial charge in [-0.2, -0.15) is 0 Å². The highest BCUT2D eigenvalue weighted by atomic mass is 16.6. The van der Waals surface area contributed by atoms with Crippen molar-refractivity contribution < 1.29 is 14.3 Å². The van der Waals surface area contributed by atoms with Crippen molar-refractivity contribution in [3.8, 4) is 0 Å². The Morgan fingerprint density at radius 1 is 1.20 bits per heavy atom. The molecule has 0 fully saturated rings. The maximum atomic E-state index is 11.2. The standard InChI is InChI=1S/C10H22N2O3/c1-10(2,3)15-9(13)12-6-5-11-7-8-14-4/h11H,5-8H2,1-4H3,(H,12,13). The minimum Gasteiger partial charge on any atom is -0.444 e. The van der Waals surface area contributed by atoms with Gasteiger partial charge in [-0.15, -0.1) is 0 Å². The van der Waals surface area contributed by atoms with Crippen LogP contribution in [0.2, 0.25) is 0 Å². The fourth-order valence-electron chi connectivity index (χ4n) is 0.866. The molecule has 0 rings (SSSR count). The van der Waals surface area contributed by atoms with E-state index in [1.165, 1.54) is 0 Å². The fourth-order valence-corrected chi connectivity index (χ4v) is 0.866. The smallest absolute Gasteiger partial charge is 0.407 e. The molecule has 0 bridgehead atoms. The van der Waals surface area contributed by atoms with Crippen LogP contribution in [0.4, 0.5) is 4.79 Å². The van der Waals surface area contributed by atoms with Gasteiger partial charge in [-0.05, 0) is 20.8 Å². The summed E-state index contributed by atoms with van der Waals surface area (Å²) in [5.41, 5.74) is -0.437. The molecular weight excluding hydrogens is 196 g/mol. The van der Waals surface area contributed by atoms with Gasteiger partial charge in [0, 0.05) is 26.7 Å². The maximum Gasteiger partial charge on any atom is 0.407 e. The largest absolute Gasteiger partial charge is 0.444 e. The summed E-state index contributed by atoms with van der Waals surface area (Å²) in [5, 5.41) is 5.76. The number of hydrogen-bond donors (Lipinski definition) is 2. The molecule has 5 nitrogen and oxygen atoms in total. The lowest BCUT2D eigenvalue weighted by Gasteiger charge is -2.19. The molecule has 15 heavy (non-hydrogen) atoms. The molecule has 0 atom stereocenters. The third-order valence-electron chi connectivity index (χ3n) is 1.45. The molecule has 0 aromatic carbocycles. The molecule has 5 heteroatoms. The molecule has 0 aliphatic carbocycles. The van der Waals surface area contributed by atoms with Gasteiger partial charge in [0.05, 0.1) is 6.61 Å². The third kappa shape index (κ3) is 11.1. The second-order valence-corrected chi connectivity index (χ2v) is 4.17. The molecule has 0 aliphatic heterocycles. The summed E-state index contributed by atoms with van der Waals surface area (Å²) in [6.45, 7) is 8.23. The van der Waals surface area contributed by atoms with Crippen LogP contribution in [-0.4, -0.2) is 45.0 Å². The van der Waals surface area contributed by atoms with E-state index in [-0.39, 0.29) is 6.09 Å². The first-order chi connectivity index (χ1) is 6.95. The average Bonchev–Trinajstić information content (AvgIpc) is 2.08. The first kappa shape index (κ1) is 14.2. The Balaban J connectivity index is 3.32. The zero-order valence-corrected chi connectivity index (χ0v) is 10.1. The van der Waals surface area contributed by atoms with E-state index in [0.29, 0.717) is 19.7 Å². The minimum atomic E-state index is -0.437. The maximum absolute atomic E-state index is 11.2. The van der Waals surface area contributed by atoms with Crippen molar-refractivity contribution in [3.63, 3.8) is 0 Å². The first-order valence-electron chi connectivity index (χ1n) is 5.12. The van der Waals surface area contributed by atoms with Gasteiger partial charge in [0.1, 0.15) is 5.60 Å². The van der Waals surface area contributed by atoms with Gasteiger partial charge in [0.15, 0.2) is 0 Å². The quantitative estimate of drug-likeness (QED) is 0.646. The summed E-state index contributed by atoms with van der Waals surface area (Å²) in [6, 6.07) is 0. The fraction of sp³-hybridized carbons (Fsp3) is 0.900. The van der Waals surface area contributed by atoms with Gasteiger partial charge in [0.25, 0.3) is 0 Å². The molecule has 0 aliphatic rings. The summed E-state index contributed by atoms with van der Waals surface area (Å²) in [5.74, 6) is 0. The van der Waals surface area contributed by atoms with Crippen LogP contribution >= 0.6 is 0 Å². The molecule has 0 spiro atoms. The second-order valence-electron chi connectivity index (χ2n) is 4.17. The molecule has 0 aromatic rings. The third-order valence-corrected chi connectivity index (χ3v) is 1.45. The van der Waals surface area contributed by atoms with Crippen LogP contribution in [0.5, 0.6) is 0 Å². The molecule has 0 saturated heterocycles. The van der Waals surface area contributed by atoms with Crippen molar-refractivity contribution in [1.29, 1.82) is 0 Å². The highest BCUT2D eigenvalue weighted by molar-refractivity contribution is 5.67. The lowest BCUT2D eigenvalue weighted by Crippen LogP contribution is -2.36. The number of carbonyl (C=O) groups is 1. The SMILES string of the molecule is COCCNCCNC(=O)OC(C)(C)C. The van der Waals surface area contributed by atoms with Gasteiger partial charge in [-0.3, -0.25) is 0 Å². The van der Waals surface area contributed by atoms with Crippen LogP contribution in [0.3, 0.4) is 0 Å². The number of nitrogens with one attached hydrogen (secondary N) is 2. The number of carbonyl (C=O) groups excluding carboxylic acids is 1. The first-order valence-corrected chi connectivity index (χ1v) is 5.12. The molecular formula is C10H22N2O3. The van der Waals surface area contributed by atoms with Gasteiger partial charge in [-0.1, -0.05) is 0 Å². The van der Waals surface area contributed by atoms with Gasteiger partial charge in [0.2, 0.25) is 0 Å². The molecule has 0 heterocycles. The number of rotatable bonds is 6. The second kappa shape index (κ2) is 7.48. The van der Waals surface area contributed by atoms with Crippen LogP contribution in [0, 0.1) is 0 Å². The predicted molar refractivity (Wildman–Crippen MR) is 59.0 cm³/mol. The van der Waals surface area contributed by atoms with E-state index >= 15 is 0 Å². The molecule has 90 valence electrons. The van der Waals surface area contributed by atoms with E-state index in [4.69, 9.17) is 9.47 Å². The Kier molecular flexibility index (Phi) is 7.07. The van der Waals surface area contributed by atoms with Crippen molar-refractivity contribution in [2.24, 2.45) is 0 Å². The van der Waals surface area contributed by atoms with E-state index in [1.54, 1.807) is 7.11 Å². The molecule has 0 radical (unpaired) electrons. The van der Waals surface area contributed by atoms with E-state index in [1.807, 2.05) is 20.8 Å². The Bertz CT molecular complexity index is 178. The van der Waals surface area contributed by atoms with Crippen LogP contribution in [0.15, 0.2) is 0 Å². The van der Waals surface area contributed by atoms with Crippen LogP contribution in [0.1, 0.15) is 20.8 Å². The summed E-state index contributed by atoms with van der Waals surface area (Å²) >= 11 is 0. The highest BCUT2D eigenvalue weighted by Crippen LogP contribution is 2.05. The van der Waals surface area contributed by atoms with E-state index in [9.17, 15) is 4.79 Å². The number of hydrogen-bond acceptors (Lipinski definition) is 4. The lowest BCUT2D eigenvalue weighted by atomic mass is 10.2. The van der Waals surface area contributed by atoms with Crippen LogP contribution in [-0.2, 0) is 9.47 Å². The molecule has 2 N–H and O–H groups in total. The van der Waals surface area contributed by atoms with Crippen molar-refractivity contribution in [2.75, 3.05) is 33.4 Å². The van der Waals surface area contributed by atoms with E-state index < -0.39 is 5.60 Å². The Hall–Kier alpha value is -0.810. The average molecular weight is 218 g/mol. The number of alkyl carbamates (subject to hydrolysis) is 1. The van der Waals surface area contributed by atoms with Crippen LogP contribution in [0.25, 0.3) is 0 Å². The molecule has 0 unspecified atom stereocenters. The van der Waals surface area contributed by atoms with Gasteiger partial charge < -0.3 is 20.1 Å². The predicted octanol–water partition coefficient (Wildman–Crippen LogP) is 0.747. The minimum absolute atomic E-state index is 0.379. The number of amides is 1. The van der Waals surface area contributed by atoms with Crippen molar-refractivity contribution in [1.82, 2.24) is 10.6 Å². The van der Waals surface area contributed by atoms with Crippen molar-refractivity contribution >= 4 is 6.09 Å². The lowest BCUT2D eigenvalue weighted by molar-refractivity contribution is 0.0528. The topological polar surface area (TPSA) is 59.6 Å². The summed E-state index contributed by atoms with van der Waals surface area (Å²) in [4.78, 5) is 11.2. The Morgan fingerprint density at radius 3 is 2.40 bits per heavy atom. The number of methoxy groups -OCH3 is 1. The van der Waals surface area contributed by atoms with Gasteiger partial charge in [-0.25, -0.2) is 4.79 Å². The van der Waals surface area contributed by atoms with Crippen molar-refractivity contribution in [2.45, 2.75) is 26.4 Å². The van der Waals surface area contributed by atoms with Crippen LogP contribution < -0.4 is 10.6 Å². The zero-order chi connectivity index (χ0) is 11.7. The normalized spacial score (nSPS) is 11.2.